The summed E-state index contributed by atoms with van der Waals surface area (Å²) in [4.78, 5) is 16.5. The number of likely N-dealkylation sites (tertiary alicyclic amines) is 2. The lowest BCUT2D eigenvalue weighted by Crippen LogP contribution is -2.57. The average Bonchev–Trinajstić information content (AvgIpc) is 3.06. The molecule has 0 radical (unpaired) electrons. The number of nitrogens with zero attached hydrogens (tertiary/aromatic N) is 2. The van der Waals surface area contributed by atoms with Crippen LogP contribution in [0.25, 0.3) is 0 Å². The van der Waals surface area contributed by atoms with Crippen molar-refractivity contribution in [3.63, 3.8) is 0 Å². The fraction of sp³-hybridized carbons (Fsp3) is 0.933. The van der Waals surface area contributed by atoms with E-state index in [2.05, 4.69) is 22.0 Å². The summed E-state index contributed by atoms with van der Waals surface area (Å²) in [5.41, 5.74) is -0.824. The van der Waals surface area contributed by atoms with Gasteiger partial charge in [0, 0.05) is 19.1 Å². The highest BCUT2D eigenvalue weighted by Gasteiger charge is 2.38. The number of carbonyl (C=O) groups is 1. The third-order valence-corrected chi connectivity index (χ3v) is 4.68. The highest BCUT2D eigenvalue weighted by Crippen LogP contribution is 2.22. The van der Waals surface area contributed by atoms with Gasteiger partial charge in [-0.25, -0.2) is 0 Å². The second-order valence-corrected chi connectivity index (χ2v) is 6.48. The third kappa shape index (κ3) is 3.71. The SMILES string of the molecule is CCCNC(C)(CN1CCC(N2CCCC2)C1)C(=O)O. The third-order valence-electron chi connectivity index (χ3n) is 4.68. The summed E-state index contributed by atoms with van der Waals surface area (Å²) in [6.07, 6.45) is 4.78. The number of rotatable bonds is 7. The normalized spacial score (nSPS) is 27.8. The Morgan fingerprint density at radius 2 is 2.05 bits per heavy atom. The summed E-state index contributed by atoms with van der Waals surface area (Å²) in [5.74, 6) is -0.740. The van der Waals surface area contributed by atoms with E-state index in [1.807, 2.05) is 6.92 Å². The zero-order chi connectivity index (χ0) is 14.6. The molecule has 0 aromatic heterocycles. The van der Waals surface area contributed by atoms with Crippen LogP contribution in [0.5, 0.6) is 0 Å². The van der Waals surface area contributed by atoms with Crippen molar-refractivity contribution < 1.29 is 9.90 Å². The Labute approximate surface area is 122 Å². The molecule has 5 nitrogen and oxygen atoms in total. The van der Waals surface area contributed by atoms with Crippen molar-refractivity contribution in [2.24, 2.45) is 0 Å². The molecule has 116 valence electrons. The highest BCUT2D eigenvalue weighted by molar-refractivity contribution is 5.78. The Hall–Kier alpha value is -0.650. The number of hydrogen-bond donors (Lipinski definition) is 2. The Balaban J connectivity index is 1.86. The van der Waals surface area contributed by atoms with E-state index in [4.69, 9.17) is 0 Å². The van der Waals surface area contributed by atoms with Crippen molar-refractivity contribution in [1.29, 1.82) is 0 Å². The van der Waals surface area contributed by atoms with E-state index in [9.17, 15) is 9.90 Å². The summed E-state index contributed by atoms with van der Waals surface area (Å²) in [6.45, 7) is 9.74. The number of aliphatic carboxylic acids is 1. The van der Waals surface area contributed by atoms with Crippen molar-refractivity contribution in [1.82, 2.24) is 15.1 Å². The molecular weight excluding hydrogens is 254 g/mol. The van der Waals surface area contributed by atoms with E-state index >= 15 is 0 Å². The molecular formula is C15H29N3O2. The van der Waals surface area contributed by atoms with Crippen LogP contribution in [0.4, 0.5) is 0 Å². The fourth-order valence-electron chi connectivity index (χ4n) is 3.41. The molecule has 0 aromatic carbocycles. The zero-order valence-electron chi connectivity index (χ0n) is 12.9. The quantitative estimate of drug-likeness (QED) is 0.730. The molecule has 2 aliphatic rings. The van der Waals surface area contributed by atoms with Crippen LogP contribution >= 0.6 is 0 Å². The monoisotopic (exact) mass is 283 g/mol. The zero-order valence-corrected chi connectivity index (χ0v) is 12.9. The first kappa shape index (κ1) is 15.7. The maximum atomic E-state index is 11.6. The van der Waals surface area contributed by atoms with Crippen molar-refractivity contribution >= 4 is 5.97 Å². The molecule has 0 bridgehead atoms. The predicted octanol–water partition coefficient (Wildman–Crippen LogP) is 0.999. The van der Waals surface area contributed by atoms with E-state index in [1.54, 1.807) is 0 Å². The highest BCUT2D eigenvalue weighted by atomic mass is 16.4. The Morgan fingerprint density at radius 1 is 1.35 bits per heavy atom. The van der Waals surface area contributed by atoms with Gasteiger partial charge < -0.3 is 10.4 Å². The molecule has 2 fully saturated rings. The van der Waals surface area contributed by atoms with Gasteiger partial charge in [-0.1, -0.05) is 6.92 Å². The lowest BCUT2D eigenvalue weighted by Gasteiger charge is -2.31. The Bertz CT molecular complexity index is 331. The largest absolute Gasteiger partial charge is 0.480 e. The van der Waals surface area contributed by atoms with Gasteiger partial charge in [0.2, 0.25) is 0 Å². The van der Waals surface area contributed by atoms with Crippen LogP contribution in [0, 0.1) is 0 Å². The van der Waals surface area contributed by atoms with E-state index in [1.165, 1.54) is 32.4 Å². The minimum Gasteiger partial charge on any atom is -0.480 e. The smallest absolute Gasteiger partial charge is 0.324 e. The molecule has 2 unspecified atom stereocenters. The molecule has 20 heavy (non-hydrogen) atoms. The first-order valence-corrected chi connectivity index (χ1v) is 8.00. The molecule has 0 amide bonds. The van der Waals surface area contributed by atoms with Gasteiger partial charge in [-0.3, -0.25) is 14.6 Å². The van der Waals surface area contributed by atoms with E-state index in [0.717, 1.165) is 26.1 Å². The Morgan fingerprint density at radius 3 is 2.65 bits per heavy atom. The minimum absolute atomic E-state index is 0.604. The van der Waals surface area contributed by atoms with Crippen molar-refractivity contribution in [2.75, 3.05) is 39.3 Å². The van der Waals surface area contributed by atoms with Gasteiger partial charge in [-0.15, -0.1) is 0 Å². The minimum atomic E-state index is -0.824. The molecule has 2 rings (SSSR count). The fourth-order valence-corrected chi connectivity index (χ4v) is 3.41. The topological polar surface area (TPSA) is 55.8 Å². The van der Waals surface area contributed by atoms with Crippen LogP contribution in [0.2, 0.25) is 0 Å². The summed E-state index contributed by atoms with van der Waals surface area (Å²) in [5, 5.41) is 12.7. The summed E-state index contributed by atoms with van der Waals surface area (Å²) < 4.78 is 0. The molecule has 0 aliphatic carbocycles. The second-order valence-electron chi connectivity index (χ2n) is 6.48. The first-order chi connectivity index (χ1) is 9.55. The van der Waals surface area contributed by atoms with Crippen LogP contribution in [0.15, 0.2) is 0 Å². The van der Waals surface area contributed by atoms with Crippen molar-refractivity contribution in [3.8, 4) is 0 Å². The maximum absolute atomic E-state index is 11.6. The molecule has 2 N–H and O–H groups in total. The van der Waals surface area contributed by atoms with Gasteiger partial charge in [0.05, 0.1) is 0 Å². The standard InChI is InChI=1S/C15H29N3O2/c1-3-7-16-15(2,14(19)20)12-17-10-6-13(11-17)18-8-4-5-9-18/h13,16H,3-12H2,1-2H3,(H,19,20). The number of nitrogens with one attached hydrogen (secondary N) is 1. The summed E-state index contributed by atoms with van der Waals surface area (Å²) in [7, 11) is 0. The molecule has 2 heterocycles. The van der Waals surface area contributed by atoms with E-state index in [0.29, 0.717) is 12.6 Å². The van der Waals surface area contributed by atoms with E-state index < -0.39 is 11.5 Å². The van der Waals surface area contributed by atoms with Crippen LogP contribution in [-0.4, -0.2) is 71.7 Å². The van der Waals surface area contributed by atoms with Crippen LogP contribution in [0.1, 0.15) is 39.5 Å². The van der Waals surface area contributed by atoms with Crippen LogP contribution in [-0.2, 0) is 4.79 Å². The molecule has 2 aliphatic heterocycles. The van der Waals surface area contributed by atoms with Gasteiger partial charge in [-0.2, -0.15) is 0 Å². The van der Waals surface area contributed by atoms with Crippen LogP contribution in [0.3, 0.4) is 0 Å². The van der Waals surface area contributed by atoms with Gasteiger partial charge in [-0.05, 0) is 58.8 Å². The molecule has 0 aromatic rings. The summed E-state index contributed by atoms with van der Waals surface area (Å²) >= 11 is 0. The van der Waals surface area contributed by atoms with E-state index in [-0.39, 0.29) is 0 Å². The lowest BCUT2D eigenvalue weighted by molar-refractivity contribution is -0.145. The van der Waals surface area contributed by atoms with Crippen molar-refractivity contribution in [2.45, 2.75) is 51.1 Å². The molecule has 0 spiro atoms. The maximum Gasteiger partial charge on any atom is 0.324 e. The van der Waals surface area contributed by atoms with Gasteiger partial charge in [0.15, 0.2) is 0 Å². The molecule has 0 saturated carbocycles. The number of carboxylic acid groups (broad SMARTS) is 1. The number of carboxylic acids is 1. The van der Waals surface area contributed by atoms with Gasteiger partial charge in [0.1, 0.15) is 5.54 Å². The van der Waals surface area contributed by atoms with Crippen molar-refractivity contribution in [3.05, 3.63) is 0 Å². The second kappa shape index (κ2) is 6.87. The van der Waals surface area contributed by atoms with Gasteiger partial charge in [0.25, 0.3) is 0 Å². The first-order valence-electron chi connectivity index (χ1n) is 8.00. The summed E-state index contributed by atoms with van der Waals surface area (Å²) in [6, 6.07) is 0.640. The van der Waals surface area contributed by atoms with Gasteiger partial charge >= 0.3 is 5.97 Å². The molecule has 5 heteroatoms. The molecule has 2 atom stereocenters. The lowest BCUT2D eigenvalue weighted by atomic mass is 10.0. The Kier molecular flexibility index (Phi) is 5.41. The van der Waals surface area contributed by atoms with Crippen LogP contribution < -0.4 is 5.32 Å². The predicted molar refractivity (Wildman–Crippen MR) is 80.0 cm³/mol. The molecule has 2 saturated heterocycles. The number of hydrogen-bond acceptors (Lipinski definition) is 4. The average molecular weight is 283 g/mol.